The Labute approximate surface area is 100 Å². The molecule has 0 atom stereocenters. The molecule has 1 rings (SSSR count). The van der Waals surface area contributed by atoms with Crippen LogP contribution < -0.4 is 0 Å². The number of hydrogen-bond donors (Lipinski definition) is 0. The van der Waals surface area contributed by atoms with E-state index in [1.165, 1.54) is 0 Å². The van der Waals surface area contributed by atoms with Crippen molar-refractivity contribution in [1.29, 1.82) is 0 Å². The van der Waals surface area contributed by atoms with Gasteiger partial charge in [-0.15, -0.1) is 6.42 Å². The fourth-order valence-corrected chi connectivity index (χ4v) is 0.340. The number of hydrogen-bond acceptors (Lipinski definition) is 0. The summed E-state index contributed by atoms with van der Waals surface area (Å²) in [4.78, 5) is 0. The Balaban J connectivity index is -0.0000000104. The van der Waals surface area contributed by atoms with Gasteiger partial charge in [0.1, 0.15) is 0 Å². The fourth-order valence-electron chi connectivity index (χ4n) is 0.340. The quantitative estimate of drug-likeness (QED) is 0.557. The molecule has 0 bridgehead atoms. The van der Waals surface area contributed by atoms with Crippen molar-refractivity contribution in [2.24, 2.45) is 0 Å². The van der Waals surface area contributed by atoms with Crippen molar-refractivity contribution in [3.05, 3.63) is 61.4 Å². The summed E-state index contributed by atoms with van der Waals surface area (Å²) in [7, 11) is 0. The van der Waals surface area contributed by atoms with Gasteiger partial charge in [-0.3, -0.25) is 6.08 Å². The summed E-state index contributed by atoms with van der Waals surface area (Å²) < 4.78 is 0. The van der Waals surface area contributed by atoms with E-state index in [-0.39, 0.29) is 69.8 Å². The largest absolute Gasteiger partial charge is 0.358 e. The van der Waals surface area contributed by atoms with Crippen LogP contribution in [-0.2, 0) is 32.7 Å². The minimum absolute atomic E-state index is 0. The Hall–Kier alpha value is 0.584. The van der Waals surface area contributed by atoms with E-state index in [1.54, 1.807) is 0 Å². The van der Waals surface area contributed by atoms with E-state index in [4.69, 9.17) is 0 Å². The zero-order valence-electron chi connectivity index (χ0n) is 8.52. The zero-order valence-corrected chi connectivity index (χ0v) is 11.4. The average Bonchev–Trinajstić information content (AvgIpc) is 1.76. The molecule has 0 nitrogen and oxygen atoms in total. The summed E-state index contributed by atoms with van der Waals surface area (Å²) in [5.41, 5.74) is 0. The van der Waals surface area contributed by atoms with Gasteiger partial charge in [0.05, 0.1) is 0 Å². The van der Waals surface area contributed by atoms with Crippen molar-refractivity contribution < 1.29 is 32.7 Å². The predicted molar refractivity (Wildman–Crippen MR) is 53.6 cm³/mol. The molecule has 11 heavy (non-hydrogen) atoms. The maximum atomic E-state index is 2.99. The summed E-state index contributed by atoms with van der Waals surface area (Å²) in [5.74, 6) is 0. The van der Waals surface area contributed by atoms with Gasteiger partial charge >= 0.3 is 0 Å². The Bertz CT molecular complexity index is 62.9. The molecular formula is C10H20Y-6. The molecule has 1 aliphatic carbocycles. The van der Waals surface area contributed by atoms with Gasteiger partial charge in [0.2, 0.25) is 0 Å². The van der Waals surface area contributed by atoms with Crippen LogP contribution >= 0.6 is 0 Å². The van der Waals surface area contributed by atoms with E-state index in [2.05, 4.69) is 12.2 Å². The molecule has 0 saturated carbocycles. The number of allylic oxidation sites excluding steroid dienone is 4. The maximum absolute atomic E-state index is 2.99. The molecule has 0 N–H and O–H groups in total. The molecule has 0 aliphatic heterocycles. The van der Waals surface area contributed by atoms with Crippen LogP contribution in [0.5, 0.6) is 0 Å². The Morgan fingerprint density at radius 1 is 0.909 bits per heavy atom. The van der Waals surface area contributed by atoms with Crippen LogP contribution in [0.1, 0.15) is 6.42 Å². The summed E-state index contributed by atoms with van der Waals surface area (Å²) >= 11 is 0. The molecule has 69 valence electrons. The van der Waals surface area contributed by atoms with E-state index >= 15 is 0 Å². The van der Waals surface area contributed by atoms with Crippen molar-refractivity contribution in [2.75, 3.05) is 0 Å². The van der Waals surface area contributed by atoms with E-state index in [9.17, 15) is 0 Å². The molecule has 0 heterocycles. The fraction of sp³-hybridized carbons (Fsp3) is 0.100. The molecule has 1 heteroatoms. The molecule has 0 aromatic heterocycles. The standard InChI is InChI=1S/C5H5.5CH3.Y/c1-2-4-5-3-1;;;;;;/h1-3H,4H2;5*1H3;/q6*-1;. The Kier molecular flexibility index (Phi) is 118. The SMILES string of the molecule is [C-]1=CC=CC1.[CH3-].[CH3-].[CH3-].[CH3-].[CH3-].[Y]. The first-order chi connectivity index (χ1) is 2.50. The predicted octanol–water partition coefficient (Wildman–Crippen LogP) is 3.55. The molecule has 1 aliphatic rings. The first kappa shape index (κ1) is 41.6. The van der Waals surface area contributed by atoms with Gasteiger partial charge < -0.3 is 37.1 Å². The third-order valence-corrected chi connectivity index (χ3v) is 0.586. The zero-order chi connectivity index (χ0) is 3.54. The first-order valence-corrected chi connectivity index (χ1v) is 1.72. The molecule has 0 aromatic carbocycles. The topological polar surface area (TPSA) is 0 Å². The molecule has 1 radical (unpaired) electrons. The minimum Gasteiger partial charge on any atom is -0.358 e. The minimum atomic E-state index is 0. The van der Waals surface area contributed by atoms with Gasteiger partial charge in [-0.25, -0.2) is 12.2 Å². The van der Waals surface area contributed by atoms with Gasteiger partial charge in [0.25, 0.3) is 0 Å². The van der Waals surface area contributed by atoms with Gasteiger partial charge in [-0.1, -0.05) is 0 Å². The van der Waals surface area contributed by atoms with Gasteiger partial charge in [-0.2, -0.15) is 6.08 Å². The first-order valence-electron chi connectivity index (χ1n) is 1.72. The van der Waals surface area contributed by atoms with Crippen LogP contribution in [0.15, 0.2) is 18.2 Å². The van der Waals surface area contributed by atoms with Gasteiger partial charge in [-0.05, 0) is 0 Å². The average molecular weight is 229 g/mol. The van der Waals surface area contributed by atoms with Crippen LogP contribution in [0.2, 0.25) is 0 Å². The second-order valence-corrected chi connectivity index (χ2v) is 1.00. The summed E-state index contributed by atoms with van der Waals surface area (Å²) in [6.45, 7) is 0. The van der Waals surface area contributed by atoms with Crippen LogP contribution in [0.25, 0.3) is 0 Å². The normalized spacial score (nSPS) is 8.00. The van der Waals surface area contributed by atoms with Crippen LogP contribution in [0.3, 0.4) is 0 Å². The summed E-state index contributed by atoms with van der Waals surface area (Å²) in [6.07, 6.45) is 10.0. The number of rotatable bonds is 0. The Morgan fingerprint density at radius 3 is 1.45 bits per heavy atom. The molecule has 0 amide bonds. The third-order valence-electron chi connectivity index (χ3n) is 0.586. The van der Waals surface area contributed by atoms with Gasteiger partial charge in [0.15, 0.2) is 0 Å². The Morgan fingerprint density at radius 2 is 1.36 bits per heavy atom. The van der Waals surface area contributed by atoms with Crippen LogP contribution in [0.4, 0.5) is 0 Å². The molecule has 0 fully saturated rings. The molecule has 0 unspecified atom stereocenters. The van der Waals surface area contributed by atoms with E-state index in [0.29, 0.717) is 0 Å². The summed E-state index contributed by atoms with van der Waals surface area (Å²) in [6, 6.07) is 0. The smallest absolute Gasteiger partial charge is 0 e. The summed E-state index contributed by atoms with van der Waals surface area (Å²) in [5, 5.41) is 0. The second-order valence-electron chi connectivity index (χ2n) is 1.00. The van der Waals surface area contributed by atoms with Gasteiger partial charge in [0, 0.05) is 32.7 Å². The molecule has 0 aromatic rings. The van der Waals surface area contributed by atoms with E-state index in [0.717, 1.165) is 6.42 Å². The van der Waals surface area contributed by atoms with Crippen molar-refractivity contribution in [1.82, 2.24) is 0 Å². The second kappa shape index (κ2) is 31.2. The maximum Gasteiger partial charge on any atom is 0 e. The van der Waals surface area contributed by atoms with E-state index in [1.807, 2.05) is 12.2 Å². The van der Waals surface area contributed by atoms with Crippen LogP contribution in [-0.4, -0.2) is 0 Å². The molecule has 0 saturated heterocycles. The van der Waals surface area contributed by atoms with Crippen molar-refractivity contribution in [3.63, 3.8) is 0 Å². The van der Waals surface area contributed by atoms with Crippen molar-refractivity contribution in [3.8, 4) is 0 Å². The van der Waals surface area contributed by atoms with Crippen LogP contribution in [0, 0.1) is 43.2 Å². The van der Waals surface area contributed by atoms with Crippen molar-refractivity contribution in [2.45, 2.75) is 6.42 Å². The third kappa shape index (κ3) is 25.0. The molecule has 0 spiro atoms. The monoisotopic (exact) mass is 229 g/mol. The van der Waals surface area contributed by atoms with E-state index < -0.39 is 0 Å². The van der Waals surface area contributed by atoms with Crippen molar-refractivity contribution >= 4 is 0 Å². The molecular weight excluding hydrogens is 209 g/mol.